The van der Waals surface area contributed by atoms with Crippen LogP contribution in [0.1, 0.15) is 30.1 Å². The summed E-state index contributed by atoms with van der Waals surface area (Å²) in [5.41, 5.74) is 7.58. The molecule has 1 amide bonds. The van der Waals surface area contributed by atoms with Crippen LogP contribution in [0.4, 0.5) is 0 Å². The molecule has 0 saturated carbocycles. The van der Waals surface area contributed by atoms with E-state index in [9.17, 15) is 4.79 Å². The van der Waals surface area contributed by atoms with Crippen molar-refractivity contribution in [3.05, 3.63) is 48.0 Å². The van der Waals surface area contributed by atoms with Gasteiger partial charge < -0.3 is 11.1 Å². The molecule has 0 fully saturated rings. The fourth-order valence-corrected chi connectivity index (χ4v) is 1.79. The molecule has 0 aliphatic rings. The van der Waals surface area contributed by atoms with Crippen LogP contribution in [0.2, 0.25) is 0 Å². The molecule has 2 aromatic rings. The highest BCUT2D eigenvalue weighted by Crippen LogP contribution is 2.14. The van der Waals surface area contributed by atoms with E-state index in [2.05, 4.69) is 15.4 Å². The molecule has 0 radical (unpaired) electrons. The quantitative estimate of drug-likeness (QED) is 0.846. The van der Waals surface area contributed by atoms with E-state index >= 15 is 0 Å². The monoisotopic (exact) mass is 259 g/mol. The Bertz CT molecular complexity index is 551. The lowest BCUT2D eigenvalue weighted by Crippen LogP contribution is -2.35. The second-order valence-electron chi connectivity index (χ2n) is 4.44. The number of aryl methyl sites for hydroxylation is 1. The maximum atomic E-state index is 12.0. The molecular weight excluding hydrogens is 242 g/mol. The van der Waals surface area contributed by atoms with E-state index in [1.165, 1.54) is 0 Å². The van der Waals surface area contributed by atoms with Gasteiger partial charge in [0, 0.05) is 31.2 Å². The van der Waals surface area contributed by atoms with E-state index < -0.39 is 6.04 Å². The number of nitrogens with one attached hydrogen (secondary N) is 1. The average molecular weight is 259 g/mol. The number of nitrogens with two attached hydrogens (primary N) is 1. The summed E-state index contributed by atoms with van der Waals surface area (Å²) in [7, 11) is 1.79. The van der Waals surface area contributed by atoms with Crippen molar-refractivity contribution in [3.63, 3.8) is 0 Å². The summed E-state index contributed by atoms with van der Waals surface area (Å²) in [6.07, 6.45) is 6.72. The van der Waals surface area contributed by atoms with E-state index in [1.54, 1.807) is 36.5 Å². The Hall–Kier alpha value is -2.21. The number of amides is 1. The third-order valence-electron chi connectivity index (χ3n) is 2.93. The Labute approximate surface area is 111 Å². The second kappa shape index (κ2) is 5.62. The van der Waals surface area contributed by atoms with Crippen molar-refractivity contribution in [2.24, 2.45) is 12.8 Å². The second-order valence-corrected chi connectivity index (χ2v) is 4.44. The van der Waals surface area contributed by atoms with Crippen molar-refractivity contribution < 1.29 is 4.79 Å². The Morgan fingerprint density at radius 3 is 2.63 bits per heavy atom. The Kier molecular flexibility index (Phi) is 3.91. The number of nitrogens with zero attached hydrogens (tertiary/aromatic N) is 3. The molecule has 0 aliphatic carbocycles. The van der Waals surface area contributed by atoms with Gasteiger partial charge in [-0.25, -0.2) is 0 Å². The zero-order chi connectivity index (χ0) is 13.8. The Morgan fingerprint density at radius 2 is 2.05 bits per heavy atom. The van der Waals surface area contributed by atoms with Crippen LogP contribution in [0.5, 0.6) is 0 Å². The molecule has 2 rings (SSSR count). The molecule has 0 saturated heterocycles. The molecule has 2 aromatic heterocycles. The van der Waals surface area contributed by atoms with Gasteiger partial charge in [-0.15, -0.1) is 0 Å². The van der Waals surface area contributed by atoms with E-state index in [-0.39, 0.29) is 11.9 Å². The Balaban J connectivity index is 2.01. The predicted octanol–water partition coefficient (Wildman–Crippen LogP) is 0.692. The fraction of sp³-hybridized carbons (Fsp3) is 0.308. The number of aromatic nitrogens is 3. The topological polar surface area (TPSA) is 85.8 Å². The molecule has 2 atom stereocenters. The number of carbonyl (C=O) groups is 1. The van der Waals surface area contributed by atoms with E-state index in [1.807, 2.05) is 19.1 Å². The van der Waals surface area contributed by atoms with E-state index in [0.717, 1.165) is 5.56 Å². The van der Waals surface area contributed by atoms with Crippen molar-refractivity contribution in [3.8, 4) is 0 Å². The summed E-state index contributed by atoms with van der Waals surface area (Å²) in [5, 5.41) is 6.88. The van der Waals surface area contributed by atoms with Crippen molar-refractivity contribution in [2.75, 3.05) is 0 Å². The molecule has 2 heterocycles. The first kappa shape index (κ1) is 13.2. The summed E-state index contributed by atoms with van der Waals surface area (Å²) >= 11 is 0. The summed E-state index contributed by atoms with van der Waals surface area (Å²) < 4.78 is 1.62. The lowest BCUT2D eigenvalue weighted by molar-refractivity contribution is -0.123. The molecule has 2 unspecified atom stereocenters. The zero-order valence-electron chi connectivity index (χ0n) is 10.9. The molecule has 0 spiro atoms. The highest BCUT2D eigenvalue weighted by atomic mass is 16.2. The minimum absolute atomic E-state index is 0.113. The number of carbonyl (C=O) groups excluding carboxylic acids is 1. The minimum atomic E-state index is -0.710. The Morgan fingerprint density at radius 1 is 1.37 bits per heavy atom. The highest BCUT2D eigenvalue weighted by Gasteiger charge is 2.19. The molecule has 0 aliphatic heterocycles. The van der Waals surface area contributed by atoms with Gasteiger partial charge in [0.25, 0.3) is 0 Å². The van der Waals surface area contributed by atoms with Crippen LogP contribution in [-0.4, -0.2) is 20.7 Å². The third kappa shape index (κ3) is 3.17. The van der Waals surface area contributed by atoms with Gasteiger partial charge >= 0.3 is 0 Å². The van der Waals surface area contributed by atoms with Crippen LogP contribution in [0.15, 0.2) is 36.9 Å². The van der Waals surface area contributed by atoms with Gasteiger partial charge in [-0.1, -0.05) is 0 Å². The molecule has 0 aromatic carbocycles. The normalized spacial score (nSPS) is 13.8. The maximum Gasteiger partial charge on any atom is 0.242 e. The lowest BCUT2D eigenvalue weighted by atomic mass is 10.1. The van der Waals surface area contributed by atoms with Crippen LogP contribution < -0.4 is 11.1 Å². The van der Waals surface area contributed by atoms with Crippen LogP contribution in [0.25, 0.3) is 0 Å². The van der Waals surface area contributed by atoms with Crippen molar-refractivity contribution in [2.45, 2.75) is 19.0 Å². The van der Waals surface area contributed by atoms with Gasteiger partial charge in [-0.05, 0) is 24.6 Å². The average Bonchev–Trinajstić information content (AvgIpc) is 2.85. The first-order valence-corrected chi connectivity index (χ1v) is 6.02. The zero-order valence-corrected chi connectivity index (χ0v) is 10.9. The van der Waals surface area contributed by atoms with E-state index in [0.29, 0.717) is 5.56 Å². The summed E-state index contributed by atoms with van der Waals surface area (Å²) in [6.45, 7) is 1.91. The van der Waals surface area contributed by atoms with E-state index in [4.69, 9.17) is 5.73 Å². The van der Waals surface area contributed by atoms with Crippen LogP contribution in [0.3, 0.4) is 0 Å². The fourth-order valence-electron chi connectivity index (χ4n) is 1.79. The summed E-state index contributed by atoms with van der Waals surface area (Å²) in [5.74, 6) is -0.225. The first-order chi connectivity index (χ1) is 9.08. The predicted molar refractivity (Wildman–Crippen MR) is 70.9 cm³/mol. The first-order valence-electron chi connectivity index (χ1n) is 6.02. The molecule has 6 heteroatoms. The molecule has 6 nitrogen and oxygen atoms in total. The van der Waals surface area contributed by atoms with Gasteiger partial charge in [0.2, 0.25) is 5.91 Å². The van der Waals surface area contributed by atoms with Gasteiger partial charge in [0.15, 0.2) is 0 Å². The number of hydrogen-bond acceptors (Lipinski definition) is 4. The van der Waals surface area contributed by atoms with Gasteiger partial charge in [0.1, 0.15) is 6.04 Å². The molecule has 19 heavy (non-hydrogen) atoms. The maximum absolute atomic E-state index is 12.0. The van der Waals surface area contributed by atoms with Crippen molar-refractivity contribution in [1.82, 2.24) is 20.1 Å². The summed E-state index contributed by atoms with van der Waals surface area (Å²) in [4.78, 5) is 16.0. The molecule has 100 valence electrons. The standard InChI is InChI=1S/C13H17N5O/c1-9(10-3-5-15-6-4-10)17-13(19)12(14)11-7-16-18(2)8-11/h3-9,12H,14H2,1-2H3,(H,17,19). The van der Waals surface area contributed by atoms with Crippen molar-refractivity contribution >= 4 is 5.91 Å². The lowest BCUT2D eigenvalue weighted by Gasteiger charge is -2.17. The number of pyridine rings is 1. The van der Waals surface area contributed by atoms with Crippen LogP contribution in [-0.2, 0) is 11.8 Å². The van der Waals surface area contributed by atoms with Gasteiger partial charge in [-0.2, -0.15) is 5.10 Å². The smallest absolute Gasteiger partial charge is 0.242 e. The van der Waals surface area contributed by atoms with Crippen molar-refractivity contribution in [1.29, 1.82) is 0 Å². The molecular formula is C13H17N5O. The highest BCUT2D eigenvalue weighted by molar-refractivity contribution is 5.83. The van der Waals surface area contributed by atoms with Gasteiger partial charge in [-0.3, -0.25) is 14.5 Å². The van der Waals surface area contributed by atoms with Crippen LogP contribution in [0, 0.1) is 0 Å². The third-order valence-corrected chi connectivity index (χ3v) is 2.93. The molecule has 0 bridgehead atoms. The SMILES string of the molecule is CC(NC(=O)C(N)c1cnn(C)c1)c1ccncc1. The molecule has 3 N–H and O–H groups in total. The largest absolute Gasteiger partial charge is 0.348 e. The number of rotatable bonds is 4. The number of hydrogen-bond donors (Lipinski definition) is 2. The minimum Gasteiger partial charge on any atom is -0.348 e. The summed E-state index contributed by atoms with van der Waals surface area (Å²) in [6, 6.07) is 2.90. The van der Waals surface area contributed by atoms with Crippen LogP contribution >= 0.6 is 0 Å². The van der Waals surface area contributed by atoms with Gasteiger partial charge in [0.05, 0.1) is 12.2 Å².